The van der Waals surface area contributed by atoms with Crippen molar-refractivity contribution in [2.24, 2.45) is 18.9 Å². The average Bonchev–Trinajstić information content (AvgIpc) is 3.55. The number of benzene rings is 1. The molecule has 3 atom stereocenters. The van der Waals surface area contributed by atoms with Crippen LogP contribution in [-0.2, 0) is 18.2 Å². The van der Waals surface area contributed by atoms with E-state index in [0.29, 0.717) is 6.04 Å². The van der Waals surface area contributed by atoms with Gasteiger partial charge in [-0.1, -0.05) is 18.9 Å². The molecule has 2 saturated carbocycles. The number of ether oxygens (including phenoxy) is 2. The largest absolute Gasteiger partial charge is 0.467 e. The fourth-order valence-electron chi connectivity index (χ4n) is 6.14. The maximum absolute atomic E-state index is 5.95. The molecule has 2 aliphatic carbocycles. The Bertz CT molecular complexity index is 1150. The van der Waals surface area contributed by atoms with Gasteiger partial charge in [-0.25, -0.2) is 0 Å². The van der Waals surface area contributed by atoms with E-state index in [9.17, 15) is 0 Å². The van der Waals surface area contributed by atoms with Crippen molar-refractivity contribution < 1.29 is 9.47 Å². The van der Waals surface area contributed by atoms with Crippen molar-refractivity contribution in [3.05, 3.63) is 42.2 Å². The molecule has 0 N–H and O–H groups in total. The Morgan fingerprint density at radius 2 is 1.88 bits per heavy atom. The molecule has 3 aliphatic rings. The Morgan fingerprint density at radius 1 is 1.03 bits per heavy atom. The Kier molecular flexibility index (Phi) is 5.29. The Labute approximate surface area is 194 Å². The van der Waals surface area contributed by atoms with Crippen molar-refractivity contribution >= 4 is 5.82 Å². The summed E-state index contributed by atoms with van der Waals surface area (Å²) >= 11 is 0. The van der Waals surface area contributed by atoms with Crippen LogP contribution in [0.5, 0.6) is 5.75 Å². The summed E-state index contributed by atoms with van der Waals surface area (Å²) < 4.78 is 12.9. The van der Waals surface area contributed by atoms with Gasteiger partial charge in [-0.3, -0.25) is 4.68 Å². The van der Waals surface area contributed by atoms with Crippen molar-refractivity contribution in [1.29, 1.82) is 0 Å². The van der Waals surface area contributed by atoms with Crippen LogP contribution in [0.3, 0.4) is 0 Å². The lowest BCUT2D eigenvalue weighted by atomic mass is 9.85. The fourth-order valence-corrected chi connectivity index (χ4v) is 6.14. The van der Waals surface area contributed by atoms with Gasteiger partial charge in [-0.15, -0.1) is 10.2 Å². The van der Waals surface area contributed by atoms with E-state index in [2.05, 4.69) is 33.3 Å². The highest BCUT2D eigenvalue weighted by Gasteiger charge is 2.39. The molecular weight excluding hydrogens is 414 g/mol. The predicted octanol–water partition coefficient (Wildman–Crippen LogP) is 4.47. The van der Waals surface area contributed by atoms with Crippen LogP contribution < -0.4 is 9.64 Å². The normalized spacial score (nSPS) is 23.7. The molecule has 0 amide bonds. The van der Waals surface area contributed by atoms with Gasteiger partial charge >= 0.3 is 0 Å². The van der Waals surface area contributed by atoms with E-state index < -0.39 is 0 Å². The molecule has 2 aromatic heterocycles. The summed E-state index contributed by atoms with van der Waals surface area (Å²) in [6.45, 7) is 1.24. The number of methoxy groups -OCH3 is 1. The van der Waals surface area contributed by atoms with Crippen LogP contribution in [0.25, 0.3) is 22.4 Å². The first-order valence-corrected chi connectivity index (χ1v) is 12.1. The van der Waals surface area contributed by atoms with Crippen molar-refractivity contribution in [1.82, 2.24) is 20.0 Å². The minimum atomic E-state index is 0.180. The van der Waals surface area contributed by atoms with Gasteiger partial charge in [0.15, 0.2) is 12.6 Å². The van der Waals surface area contributed by atoms with Crippen LogP contribution in [0.2, 0.25) is 0 Å². The van der Waals surface area contributed by atoms with Gasteiger partial charge in [-0.05, 0) is 61.3 Å². The topological polar surface area (TPSA) is 65.3 Å². The molecule has 7 heteroatoms. The molecule has 2 bridgehead atoms. The Balaban J connectivity index is 1.30. The summed E-state index contributed by atoms with van der Waals surface area (Å²) in [7, 11) is 3.55. The zero-order valence-electron chi connectivity index (χ0n) is 19.4. The highest BCUT2D eigenvalue weighted by atomic mass is 16.7. The molecule has 3 heterocycles. The lowest BCUT2D eigenvalue weighted by Gasteiger charge is -2.35. The molecule has 0 spiro atoms. The van der Waals surface area contributed by atoms with Crippen LogP contribution in [0.4, 0.5) is 5.82 Å². The quantitative estimate of drug-likeness (QED) is 0.522. The molecule has 7 nitrogen and oxygen atoms in total. The maximum atomic E-state index is 5.95. The molecule has 1 aliphatic heterocycles. The van der Waals surface area contributed by atoms with E-state index in [1.165, 1.54) is 37.7 Å². The summed E-state index contributed by atoms with van der Waals surface area (Å²) in [6, 6.07) is 9.03. The predicted molar refractivity (Wildman–Crippen MR) is 127 cm³/mol. The number of fused-ring (bicyclic) bond motifs is 3. The number of anilines is 1. The first kappa shape index (κ1) is 20.7. The van der Waals surface area contributed by atoms with Gasteiger partial charge in [-0.2, -0.15) is 5.10 Å². The van der Waals surface area contributed by atoms with Crippen molar-refractivity contribution in [2.75, 3.05) is 25.3 Å². The lowest BCUT2D eigenvalue weighted by Crippen LogP contribution is -2.38. The van der Waals surface area contributed by atoms with E-state index in [-0.39, 0.29) is 6.79 Å². The minimum absolute atomic E-state index is 0.180. The lowest BCUT2D eigenvalue weighted by molar-refractivity contribution is 0.0515. The molecular formula is C26H31N5O2. The average molecular weight is 446 g/mol. The third-order valence-electron chi connectivity index (χ3n) is 7.67. The zero-order chi connectivity index (χ0) is 22.4. The van der Waals surface area contributed by atoms with E-state index in [1.54, 1.807) is 11.8 Å². The van der Waals surface area contributed by atoms with Gasteiger partial charge in [0, 0.05) is 49.6 Å². The minimum Gasteiger partial charge on any atom is -0.467 e. The third-order valence-corrected chi connectivity index (χ3v) is 7.67. The molecule has 33 heavy (non-hydrogen) atoms. The molecule has 0 saturated heterocycles. The van der Waals surface area contributed by atoms with Crippen molar-refractivity contribution in [2.45, 2.75) is 44.6 Å². The van der Waals surface area contributed by atoms with Crippen LogP contribution in [0.15, 0.2) is 36.7 Å². The first-order valence-electron chi connectivity index (χ1n) is 12.1. The Hall–Kier alpha value is -2.93. The van der Waals surface area contributed by atoms with Crippen LogP contribution in [-0.4, -0.2) is 46.5 Å². The number of nitrogens with zero attached hydrogens (tertiary/aromatic N) is 5. The molecule has 1 aromatic carbocycles. The second-order valence-corrected chi connectivity index (χ2v) is 9.86. The molecule has 6 rings (SSSR count). The number of aryl methyl sites for hydroxylation is 1. The molecule has 0 radical (unpaired) electrons. The monoisotopic (exact) mass is 445 g/mol. The fraction of sp³-hybridized carbons (Fsp3) is 0.500. The van der Waals surface area contributed by atoms with E-state index in [4.69, 9.17) is 14.6 Å². The maximum Gasteiger partial charge on any atom is 0.188 e. The van der Waals surface area contributed by atoms with Gasteiger partial charge < -0.3 is 14.4 Å². The third kappa shape index (κ3) is 3.88. The van der Waals surface area contributed by atoms with Gasteiger partial charge in [0.1, 0.15) is 5.75 Å². The zero-order valence-corrected chi connectivity index (χ0v) is 19.4. The first-order chi connectivity index (χ1) is 16.2. The summed E-state index contributed by atoms with van der Waals surface area (Å²) in [4.78, 5) is 2.55. The van der Waals surface area contributed by atoms with Crippen LogP contribution in [0.1, 0.15) is 37.7 Å². The van der Waals surface area contributed by atoms with E-state index >= 15 is 0 Å². The smallest absolute Gasteiger partial charge is 0.188 e. The number of hydrogen-bond acceptors (Lipinski definition) is 6. The summed E-state index contributed by atoms with van der Waals surface area (Å²) in [5.41, 5.74) is 5.17. The van der Waals surface area contributed by atoms with Gasteiger partial charge in [0.05, 0.1) is 11.9 Å². The number of aromatic nitrogens is 4. The highest BCUT2D eigenvalue weighted by Crippen LogP contribution is 2.45. The SMILES string of the molecule is COCOc1cc(-c2cnn(C)c2)ccc1-c1cc2c(nn1)N(C1CC3CC[C@@H](C3)C1)CC2. The summed E-state index contributed by atoms with van der Waals surface area (Å²) in [5, 5.41) is 13.7. The number of rotatable bonds is 6. The standard InChI is InChI=1S/C26H31N5O2/c1-30-15-21(14-27-30)19-5-6-23(25(13-19)33-16-32-2)24-12-20-7-8-31(26(20)29-28-24)22-10-17-3-4-18(9-17)11-22/h5-6,12-15,17-18,22H,3-4,7-11,16H2,1-2H3/t17-,18?,22?/m0/s1. The highest BCUT2D eigenvalue weighted by molar-refractivity contribution is 5.75. The summed E-state index contributed by atoms with van der Waals surface area (Å²) in [5.74, 6) is 3.68. The van der Waals surface area contributed by atoms with Crippen LogP contribution >= 0.6 is 0 Å². The molecule has 3 aromatic rings. The number of hydrogen-bond donors (Lipinski definition) is 0. The van der Waals surface area contributed by atoms with Gasteiger partial charge in [0.25, 0.3) is 0 Å². The molecule has 2 fully saturated rings. The second-order valence-electron chi connectivity index (χ2n) is 9.86. The summed E-state index contributed by atoms with van der Waals surface area (Å²) in [6.07, 6.45) is 11.8. The van der Waals surface area contributed by atoms with E-state index in [0.717, 1.165) is 58.8 Å². The molecule has 172 valence electrons. The molecule has 2 unspecified atom stereocenters. The van der Waals surface area contributed by atoms with Crippen molar-refractivity contribution in [3.8, 4) is 28.1 Å². The van der Waals surface area contributed by atoms with Gasteiger partial charge in [0.2, 0.25) is 0 Å². The second kappa shape index (κ2) is 8.45. The van der Waals surface area contributed by atoms with Crippen LogP contribution in [0, 0.1) is 11.8 Å². The Morgan fingerprint density at radius 3 is 2.64 bits per heavy atom. The van der Waals surface area contributed by atoms with E-state index in [1.807, 2.05) is 25.5 Å². The van der Waals surface area contributed by atoms with Crippen molar-refractivity contribution in [3.63, 3.8) is 0 Å².